The first kappa shape index (κ1) is 11.3. The van der Waals surface area contributed by atoms with Crippen LogP contribution in [0.15, 0.2) is 46.6 Å². The number of pyridine rings is 1. The van der Waals surface area contributed by atoms with Crippen molar-refractivity contribution in [1.82, 2.24) is 4.98 Å². The standard InChI is InChI=1S/C10H8N2O4S/c11-9-8(3-5-17(9,14)15)10(13)16-7-2-1-4-12-6-7/h1-6H,11H2. The van der Waals surface area contributed by atoms with E-state index in [1.54, 1.807) is 6.07 Å². The van der Waals surface area contributed by atoms with Gasteiger partial charge in [-0.25, -0.2) is 13.2 Å². The molecule has 0 atom stereocenters. The highest BCUT2D eigenvalue weighted by Gasteiger charge is 2.27. The van der Waals surface area contributed by atoms with E-state index in [4.69, 9.17) is 10.5 Å². The van der Waals surface area contributed by atoms with Gasteiger partial charge in [0.2, 0.25) is 9.84 Å². The zero-order valence-corrected chi connectivity index (χ0v) is 9.35. The van der Waals surface area contributed by atoms with Crippen molar-refractivity contribution < 1.29 is 17.9 Å². The number of rotatable bonds is 2. The predicted molar refractivity (Wildman–Crippen MR) is 59.1 cm³/mol. The number of carbonyl (C=O) groups is 1. The summed E-state index contributed by atoms with van der Waals surface area (Å²) in [4.78, 5) is 15.4. The Bertz CT molecular complexity index is 617. The minimum atomic E-state index is -3.65. The van der Waals surface area contributed by atoms with Gasteiger partial charge in [0.1, 0.15) is 10.8 Å². The molecule has 0 spiro atoms. The van der Waals surface area contributed by atoms with Gasteiger partial charge in [-0.2, -0.15) is 0 Å². The smallest absolute Gasteiger partial charge is 0.346 e. The maximum atomic E-state index is 11.6. The molecule has 17 heavy (non-hydrogen) atoms. The molecule has 2 N–H and O–H groups in total. The van der Waals surface area contributed by atoms with Gasteiger partial charge in [0.05, 0.1) is 11.8 Å². The second-order valence-corrected chi connectivity index (χ2v) is 5.01. The van der Waals surface area contributed by atoms with E-state index in [-0.39, 0.29) is 11.3 Å². The molecule has 6 nitrogen and oxygen atoms in total. The summed E-state index contributed by atoms with van der Waals surface area (Å²) in [5.41, 5.74) is 5.15. The summed E-state index contributed by atoms with van der Waals surface area (Å²) in [6.07, 6.45) is 3.97. The third-order valence-corrected chi connectivity index (χ3v) is 3.38. The minimum Gasteiger partial charge on any atom is -0.421 e. The Morgan fingerprint density at radius 1 is 1.41 bits per heavy atom. The molecule has 2 heterocycles. The van der Waals surface area contributed by atoms with E-state index in [2.05, 4.69) is 4.98 Å². The Morgan fingerprint density at radius 2 is 2.18 bits per heavy atom. The normalized spacial score (nSPS) is 17.2. The molecule has 1 aromatic rings. The van der Waals surface area contributed by atoms with Crippen LogP contribution in [0.3, 0.4) is 0 Å². The van der Waals surface area contributed by atoms with Crippen LogP contribution < -0.4 is 10.5 Å². The second kappa shape index (κ2) is 4.02. The quantitative estimate of drug-likeness (QED) is 0.749. The van der Waals surface area contributed by atoms with Crippen molar-refractivity contribution in [3.8, 4) is 5.75 Å². The van der Waals surface area contributed by atoms with Gasteiger partial charge in [-0.05, 0) is 18.2 Å². The van der Waals surface area contributed by atoms with Gasteiger partial charge in [0.25, 0.3) is 0 Å². The molecule has 0 saturated heterocycles. The lowest BCUT2D eigenvalue weighted by Crippen LogP contribution is -2.16. The molecule has 0 fully saturated rings. The summed E-state index contributed by atoms with van der Waals surface area (Å²) in [5.74, 6) is -0.608. The highest BCUT2D eigenvalue weighted by atomic mass is 32.2. The van der Waals surface area contributed by atoms with Gasteiger partial charge < -0.3 is 10.5 Å². The third-order valence-electron chi connectivity index (χ3n) is 2.05. The number of sulfone groups is 1. The van der Waals surface area contributed by atoms with E-state index in [9.17, 15) is 13.2 Å². The van der Waals surface area contributed by atoms with Crippen LogP contribution >= 0.6 is 0 Å². The van der Waals surface area contributed by atoms with E-state index in [1.807, 2.05) is 0 Å². The number of esters is 1. The summed E-state index contributed by atoms with van der Waals surface area (Å²) in [6, 6.07) is 3.11. The number of nitrogens with zero attached hydrogens (tertiary/aromatic N) is 1. The van der Waals surface area contributed by atoms with Crippen LogP contribution in [-0.4, -0.2) is 19.4 Å². The largest absolute Gasteiger partial charge is 0.421 e. The van der Waals surface area contributed by atoms with Gasteiger partial charge in [0.15, 0.2) is 0 Å². The van der Waals surface area contributed by atoms with Crippen LogP contribution in [0.1, 0.15) is 0 Å². The molecular formula is C10H8N2O4S. The molecule has 0 unspecified atom stereocenters. The average molecular weight is 252 g/mol. The molecule has 0 saturated carbocycles. The zero-order chi connectivity index (χ0) is 12.5. The molecule has 1 aliphatic heterocycles. The molecule has 2 rings (SSSR count). The molecule has 7 heteroatoms. The SMILES string of the molecule is NC1=C(C(=O)Oc2cccnc2)C=CS1(=O)=O. The molecule has 0 radical (unpaired) electrons. The zero-order valence-electron chi connectivity index (χ0n) is 8.53. The number of carbonyl (C=O) groups excluding carboxylic acids is 1. The van der Waals surface area contributed by atoms with Crippen molar-refractivity contribution >= 4 is 15.8 Å². The summed E-state index contributed by atoms with van der Waals surface area (Å²) >= 11 is 0. The summed E-state index contributed by atoms with van der Waals surface area (Å²) in [7, 11) is -3.65. The molecule has 0 aliphatic carbocycles. The number of hydrogen-bond donors (Lipinski definition) is 1. The number of ether oxygens (including phenoxy) is 1. The van der Waals surface area contributed by atoms with Crippen molar-refractivity contribution in [2.45, 2.75) is 0 Å². The molecule has 0 aromatic carbocycles. The lowest BCUT2D eigenvalue weighted by Gasteiger charge is -2.03. The topological polar surface area (TPSA) is 99.3 Å². The molecule has 88 valence electrons. The summed E-state index contributed by atoms with van der Waals surface area (Å²) < 4.78 is 27.4. The summed E-state index contributed by atoms with van der Waals surface area (Å²) in [6.45, 7) is 0. The number of nitrogens with two attached hydrogens (primary N) is 1. The van der Waals surface area contributed by atoms with E-state index in [1.165, 1.54) is 18.5 Å². The van der Waals surface area contributed by atoms with Crippen LogP contribution in [0.25, 0.3) is 0 Å². The lowest BCUT2D eigenvalue weighted by atomic mass is 10.3. The second-order valence-electron chi connectivity index (χ2n) is 3.20. The fourth-order valence-corrected chi connectivity index (χ4v) is 2.12. The van der Waals surface area contributed by atoms with E-state index >= 15 is 0 Å². The predicted octanol–water partition coefficient (Wildman–Crippen LogP) is 0.0994. The van der Waals surface area contributed by atoms with Crippen LogP contribution in [0.2, 0.25) is 0 Å². The van der Waals surface area contributed by atoms with Crippen molar-refractivity contribution in [2.75, 3.05) is 0 Å². The van der Waals surface area contributed by atoms with Gasteiger partial charge in [-0.15, -0.1) is 0 Å². The van der Waals surface area contributed by atoms with Crippen LogP contribution in [0.4, 0.5) is 0 Å². The third kappa shape index (κ3) is 2.18. The van der Waals surface area contributed by atoms with Gasteiger partial charge in [-0.1, -0.05) is 0 Å². The molecule has 0 bridgehead atoms. The van der Waals surface area contributed by atoms with E-state index in [0.29, 0.717) is 0 Å². The molecule has 1 aliphatic rings. The highest BCUT2D eigenvalue weighted by molar-refractivity contribution is 7.98. The molecular weight excluding hydrogens is 244 g/mol. The van der Waals surface area contributed by atoms with E-state index in [0.717, 1.165) is 11.5 Å². The molecule has 0 amide bonds. The van der Waals surface area contributed by atoms with E-state index < -0.39 is 20.8 Å². The highest BCUT2D eigenvalue weighted by Crippen LogP contribution is 2.20. The fraction of sp³-hybridized carbons (Fsp3) is 0. The van der Waals surface area contributed by atoms with Gasteiger partial charge >= 0.3 is 5.97 Å². The fourth-order valence-electron chi connectivity index (χ4n) is 1.20. The monoisotopic (exact) mass is 252 g/mol. The Kier molecular flexibility index (Phi) is 2.68. The minimum absolute atomic E-state index is 0.172. The van der Waals surface area contributed by atoms with Crippen molar-refractivity contribution in [3.05, 3.63) is 46.6 Å². The first-order valence-electron chi connectivity index (χ1n) is 4.56. The Hall–Kier alpha value is -2.15. The first-order valence-corrected chi connectivity index (χ1v) is 6.10. The van der Waals surface area contributed by atoms with Crippen molar-refractivity contribution in [3.63, 3.8) is 0 Å². The van der Waals surface area contributed by atoms with Crippen molar-refractivity contribution in [1.29, 1.82) is 0 Å². The van der Waals surface area contributed by atoms with Crippen LogP contribution in [0, 0.1) is 0 Å². The first-order chi connectivity index (χ1) is 8.00. The number of aromatic nitrogens is 1. The average Bonchev–Trinajstić information content (AvgIpc) is 2.56. The maximum Gasteiger partial charge on any atom is 0.346 e. The lowest BCUT2D eigenvalue weighted by molar-refractivity contribution is -0.129. The van der Waals surface area contributed by atoms with Crippen molar-refractivity contribution in [2.24, 2.45) is 5.73 Å². The molecule has 1 aromatic heterocycles. The Morgan fingerprint density at radius 3 is 2.71 bits per heavy atom. The van der Waals surface area contributed by atoms with Crippen LogP contribution in [-0.2, 0) is 14.6 Å². The summed E-state index contributed by atoms with van der Waals surface area (Å²) in [5, 5.41) is 0.369. The number of hydrogen-bond acceptors (Lipinski definition) is 6. The van der Waals surface area contributed by atoms with Crippen LogP contribution in [0.5, 0.6) is 5.75 Å². The van der Waals surface area contributed by atoms with Gasteiger partial charge in [0, 0.05) is 11.6 Å². The Balaban J connectivity index is 2.24. The Labute approximate surface area is 97.3 Å². The van der Waals surface area contributed by atoms with Gasteiger partial charge in [-0.3, -0.25) is 4.98 Å². The maximum absolute atomic E-state index is 11.6.